The van der Waals surface area contributed by atoms with E-state index >= 15 is 0 Å². The maximum atomic E-state index is 13.5. The highest BCUT2D eigenvalue weighted by atomic mass is 32.1. The fourth-order valence-corrected chi connectivity index (χ4v) is 3.33. The van der Waals surface area contributed by atoms with E-state index in [1.165, 1.54) is 4.90 Å². The highest BCUT2D eigenvalue weighted by Gasteiger charge is 2.40. The molecule has 1 saturated heterocycles. The number of hydrogen-bond donors (Lipinski definition) is 1. The Balaban J connectivity index is 1.79. The normalized spacial score (nSPS) is 17.2. The smallest absolute Gasteiger partial charge is 0.338 e. The third-order valence-electron chi connectivity index (χ3n) is 4.39. The van der Waals surface area contributed by atoms with Crippen LogP contribution < -0.4 is 15.1 Å². The van der Waals surface area contributed by atoms with Crippen molar-refractivity contribution in [1.82, 2.24) is 10.5 Å². The molecule has 0 aliphatic carbocycles. The summed E-state index contributed by atoms with van der Waals surface area (Å²) in [7, 11) is 0. The fraction of sp³-hybridized carbons (Fsp3) is 0.150. The first-order valence-electron chi connectivity index (χ1n) is 8.53. The van der Waals surface area contributed by atoms with Crippen molar-refractivity contribution in [3.63, 3.8) is 0 Å². The number of aryl methyl sites for hydroxylation is 2. The molecule has 2 heterocycles. The summed E-state index contributed by atoms with van der Waals surface area (Å²) in [4.78, 5) is 16.5. The second-order valence-electron chi connectivity index (χ2n) is 6.38. The number of benzene rings is 2. The van der Waals surface area contributed by atoms with E-state index in [2.05, 4.69) is 10.5 Å². The van der Waals surface area contributed by atoms with Gasteiger partial charge in [-0.15, -0.1) is 0 Å². The van der Waals surface area contributed by atoms with Crippen LogP contribution in [0.5, 0.6) is 0 Å². The number of nitrogens with zero attached hydrogens (tertiary/aromatic N) is 3. The number of thiocarbonyl (C=S) groups is 1. The Morgan fingerprint density at radius 2 is 1.78 bits per heavy atom. The number of anilines is 2. The van der Waals surface area contributed by atoms with Crippen molar-refractivity contribution in [2.24, 2.45) is 0 Å². The van der Waals surface area contributed by atoms with E-state index < -0.39 is 6.17 Å². The Kier molecular flexibility index (Phi) is 4.37. The maximum Gasteiger partial charge on any atom is 0.338 e. The minimum absolute atomic E-state index is 0.287. The molecule has 27 heavy (non-hydrogen) atoms. The largest absolute Gasteiger partial charge is 0.360 e. The van der Waals surface area contributed by atoms with Crippen LogP contribution in [0.3, 0.4) is 0 Å². The predicted octanol–water partition coefficient (Wildman–Crippen LogP) is 4.31. The van der Waals surface area contributed by atoms with Gasteiger partial charge in [0.25, 0.3) is 0 Å². The molecule has 7 heteroatoms. The van der Waals surface area contributed by atoms with Crippen LogP contribution >= 0.6 is 12.2 Å². The van der Waals surface area contributed by atoms with Crippen LogP contribution in [0.4, 0.5) is 16.3 Å². The third-order valence-corrected chi connectivity index (χ3v) is 4.69. The molecule has 3 aromatic rings. The first-order chi connectivity index (χ1) is 13.0. The first-order valence-corrected chi connectivity index (χ1v) is 8.94. The van der Waals surface area contributed by atoms with Crippen LogP contribution in [0.25, 0.3) is 0 Å². The van der Waals surface area contributed by atoms with Crippen LogP contribution in [-0.4, -0.2) is 16.3 Å². The molecule has 1 atom stereocenters. The van der Waals surface area contributed by atoms with Crippen molar-refractivity contribution >= 4 is 34.9 Å². The summed E-state index contributed by atoms with van der Waals surface area (Å²) in [6, 6.07) is 18.7. The Morgan fingerprint density at radius 3 is 2.41 bits per heavy atom. The third kappa shape index (κ3) is 3.17. The van der Waals surface area contributed by atoms with Crippen LogP contribution in [-0.2, 0) is 0 Å². The van der Waals surface area contributed by atoms with Crippen molar-refractivity contribution in [3.8, 4) is 0 Å². The zero-order valence-electron chi connectivity index (χ0n) is 14.9. The highest BCUT2D eigenvalue weighted by molar-refractivity contribution is 7.80. The van der Waals surface area contributed by atoms with Crippen molar-refractivity contribution in [3.05, 3.63) is 77.6 Å². The number of rotatable bonds is 3. The number of carbonyl (C=O) groups excluding carboxylic acids is 1. The number of aromatic nitrogens is 1. The number of carbonyl (C=O) groups is 1. The molecule has 4 rings (SSSR count). The standard InChI is InChI=1S/C20H18N4O2S/c1-13-8-10-16(11-9-13)23-19(27)21-18(15-6-4-3-5-7-15)24(20(23)25)17-12-14(2)26-22-17/h3-12,18H,1-2H3,(H,21,27). The van der Waals surface area contributed by atoms with Gasteiger partial charge in [-0.3, -0.25) is 0 Å². The number of urea groups is 1. The Labute approximate surface area is 162 Å². The molecule has 1 fully saturated rings. The van der Waals surface area contributed by atoms with E-state index in [4.69, 9.17) is 16.7 Å². The average molecular weight is 378 g/mol. The second-order valence-corrected chi connectivity index (χ2v) is 6.77. The van der Waals surface area contributed by atoms with Gasteiger partial charge in [-0.1, -0.05) is 53.2 Å². The minimum Gasteiger partial charge on any atom is -0.360 e. The molecule has 0 spiro atoms. The zero-order chi connectivity index (χ0) is 19.0. The van der Waals surface area contributed by atoms with Gasteiger partial charge in [-0.25, -0.2) is 14.6 Å². The molecule has 2 aromatic carbocycles. The van der Waals surface area contributed by atoms with Gasteiger partial charge in [0.15, 0.2) is 10.9 Å². The zero-order valence-corrected chi connectivity index (χ0v) is 15.7. The van der Waals surface area contributed by atoms with Crippen molar-refractivity contribution in [1.29, 1.82) is 0 Å². The monoisotopic (exact) mass is 378 g/mol. The fourth-order valence-electron chi connectivity index (χ4n) is 3.04. The molecular formula is C20H18N4O2S. The van der Waals surface area contributed by atoms with Gasteiger partial charge in [-0.05, 0) is 43.8 Å². The molecule has 1 unspecified atom stereocenters. The van der Waals surface area contributed by atoms with Crippen LogP contribution in [0.2, 0.25) is 0 Å². The van der Waals surface area contributed by atoms with Gasteiger partial charge < -0.3 is 9.84 Å². The molecule has 1 aliphatic heterocycles. The van der Waals surface area contributed by atoms with Crippen molar-refractivity contribution in [2.45, 2.75) is 20.0 Å². The molecule has 2 amide bonds. The van der Waals surface area contributed by atoms with E-state index in [1.807, 2.05) is 61.5 Å². The Hall–Kier alpha value is -3.19. The molecule has 0 radical (unpaired) electrons. The van der Waals surface area contributed by atoms with E-state index in [0.29, 0.717) is 22.4 Å². The lowest BCUT2D eigenvalue weighted by atomic mass is 10.1. The molecule has 1 aromatic heterocycles. The molecule has 0 saturated carbocycles. The molecule has 0 bridgehead atoms. The van der Waals surface area contributed by atoms with E-state index in [-0.39, 0.29) is 6.03 Å². The summed E-state index contributed by atoms with van der Waals surface area (Å²) in [6.45, 7) is 3.78. The molecular weight excluding hydrogens is 360 g/mol. The van der Waals surface area contributed by atoms with E-state index in [9.17, 15) is 4.79 Å². The van der Waals surface area contributed by atoms with Gasteiger partial charge in [-0.2, -0.15) is 0 Å². The lowest BCUT2D eigenvalue weighted by Crippen LogP contribution is -2.61. The van der Waals surface area contributed by atoms with Crippen molar-refractivity contribution < 1.29 is 9.32 Å². The van der Waals surface area contributed by atoms with Gasteiger partial charge in [0.05, 0.1) is 5.69 Å². The molecule has 1 aliphatic rings. The molecule has 6 nitrogen and oxygen atoms in total. The molecule has 1 N–H and O–H groups in total. The second kappa shape index (κ2) is 6.85. The number of hydrogen-bond acceptors (Lipinski definition) is 4. The summed E-state index contributed by atoms with van der Waals surface area (Å²) in [5.74, 6) is 1.05. The number of amides is 2. The van der Waals surface area contributed by atoms with Gasteiger partial charge in [0.2, 0.25) is 0 Å². The van der Waals surface area contributed by atoms with Crippen molar-refractivity contribution in [2.75, 3.05) is 9.80 Å². The van der Waals surface area contributed by atoms with Crippen LogP contribution in [0, 0.1) is 13.8 Å². The SMILES string of the molecule is Cc1ccc(N2C(=O)N(c3cc(C)on3)C(c3ccccc3)NC2=S)cc1. The van der Waals surface area contributed by atoms with E-state index in [0.717, 1.165) is 11.1 Å². The van der Waals surface area contributed by atoms with Crippen LogP contribution in [0.15, 0.2) is 65.2 Å². The summed E-state index contributed by atoms with van der Waals surface area (Å²) in [6.07, 6.45) is -0.475. The highest BCUT2D eigenvalue weighted by Crippen LogP contribution is 2.32. The minimum atomic E-state index is -0.475. The van der Waals surface area contributed by atoms with Crippen LogP contribution in [0.1, 0.15) is 23.1 Å². The topological polar surface area (TPSA) is 61.6 Å². The van der Waals surface area contributed by atoms with Gasteiger partial charge >= 0.3 is 6.03 Å². The summed E-state index contributed by atoms with van der Waals surface area (Å²) >= 11 is 5.53. The van der Waals surface area contributed by atoms with E-state index in [1.54, 1.807) is 17.9 Å². The Morgan fingerprint density at radius 1 is 1.07 bits per heavy atom. The average Bonchev–Trinajstić information content (AvgIpc) is 3.09. The lowest BCUT2D eigenvalue weighted by Gasteiger charge is -2.41. The maximum absolute atomic E-state index is 13.5. The Bertz CT molecular complexity index is 985. The summed E-state index contributed by atoms with van der Waals surface area (Å²) < 4.78 is 5.21. The van der Waals surface area contributed by atoms with Gasteiger partial charge in [0, 0.05) is 6.07 Å². The van der Waals surface area contributed by atoms with Gasteiger partial charge in [0.1, 0.15) is 11.9 Å². The number of nitrogens with one attached hydrogen (secondary N) is 1. The lowest BCUT2D eigenvalue weighted by molar-refractivity contribution is 0.248. The first kappa shape index (κ1) is 17.2. The quantitative estimate of drug-likeness (QED) is 0.688. The summed E-state index contributed by atoms with van der Waals surface area (Å²) in [5.41, 5.74) is 2.70. The molecule has 136 valence electrons. The predicted molar refractivity (Wildman–Crippen MR) is 108 cm³/mol. The summed E-state index contributed by atoms with van der Waals surface area (Å²) in [5, 5.41) is 7.66.